The number of ketones is 1. The van der Waals surface area contributed by atoms with Crippen molar-refractivity contribution in [2.75, 3.05) is 26.3 Å². The van der Waals surface area contributed by atoms with E-state index in [4.69, 9.17) is 9.47 Å². The first kappa shape index (κ1) is 23.6. The fraction of sp³-hybridized carbons (Fsp3) is 0.407. The molecule has 0 aliphatic carbocycles. The molecule has 0 amide bonds. The molecule has 2 bridgehead atoms. The van der Waals surface area contributed by atoms with E-state index < -0.39 is 0 Å². The second-order valence-electron chi connectivity index (χ2n) is 8.11. The molecule has 3 heterocycles. The number of benzene rings is 2. The number of allylic oxidation sites excluding steroid dienone is 1. The Hall–Kier alpha value is -3.08. The molecule has 0 spiro atoms. The van der Waals surface area contributed by atoms with Crippen LogP contribution in [-0.2, 0) is 4.79 Å². The van der Waals surface area contributed by atoms with Crippen molar-refractivity contribution in [1.29, 1.82) is 0 Å². The van der Waals surface area contributed by atoms with Crippen LogP contribution in [-0.4, -0.2) is 43.3 Å². The van der Waals surface area contributed by atoms with Crippen molar-refractivity contribution in [3.63, 3.8) is 0 Å². The van der Waals surface area contributed by atoms with Crippen LogP contribution < -0.4 is 9.47 Å². The normalized spacial score (nSPS) is 16.5. The van der Waals surface area contributed by atoms with Gasteiger partial charge < -0.3 is 14.4 Å². The van der Waals surface area contributed by atoms with E-state index in [0.29, 0.717) is 11.3 Å². The summed E-state index contributed by atoms with van der Waals surface area (Å²) in [6.07, 6.45) is 6.91. The SMILES string of the molecule is CCCOc1ccc(/C=C2\C(=O)C3CCN2CC3)cc1.CCCOc1ccc(C=O)cc1. The first-order valence-corrected chi connectivity index (χ1v) is 11.6. The molecule has 5 heteroatoms. The molecule has 5 rings (SSSR count). The van der Waals surface area contributed by atoms with Crippen molar-refractivity contribution in [1.82, 2.24) is 4.90 Å². The summed E-state index contributed by atoms with van der Waals surface area (Å²) in [5.41, 5.74) is 2.65. The molecule has 2 aromatic rings. The van der Waals surface area contributed by atoms with Crippen molar-refractivity contribution >= 4 is 18.1 Å². The molecule has 5 nitrogen and oxygen atoms in total. The summed E-state index contributed by atoms with van der Waals surface area (Å²) in [7, 11) is 0. The highest BCUT2D eigenvalue weighted by Gasteiger charge is 2.36. The van der Waals surface area contributed by atoms with Gasteiger partial charge in [-0.25, -0.2) is 0 Å². The number of rotatable bonds is 8. The topological polar surface area (TPSA) is 55.8 Å². The van der Waals surface area contributed by atoms with Crippen molar-refractivity contribution in [3.8, 4) is 11.5 Å². The highest BCUT2D eigenvalue weighted by Crippen LogP contribution is 2.32. The molecule has 3 fully saturated rings. The van der Waals surface area contributed by atoms with Crippen LogP contribution in [0.4, 0.5) is 0 Å². The summed E-state index contributed by atoms with van der Waals surface area (Å²) in [5, 5.41) is 0. The number of carbonyl (C=O) groups is 2. The molecule has 0 atom stereocenters. The molecule has 32 heavy (non-hydrogen) atoms. The van der Waals surface area contributed by atoms with Gasteiger partial charge in [0.1, 0.15) is 17.8 Å². The van der Waals surface area contributed by atoms with Crippen molar-refractivity contribution in [3.05, 3.63) is 65.4 Å². The number of aldehydes is 1. The Morgan fingerprint density at radius 1 is 0.844 bits per heavy atom. The lowest BCUT2D eigenvalue weighted by Crippen LogP contribution is -2.45. The van der Waals surface area contributed by atoms with Crippen LogP contribution >= 0.6 is 0 Å². The number of hydrogen-bond acceptors (Lipinski definition) is 5. The van der Waals surface area contributed by atoms with Crippen LogP contribution in [0.1, 0.15) is 55.5 Å². The van der Waals surface area contributed by atoms with Gasteiger partial charge in [-0.15, -0.1) is 0 Å². The summed E-state index contributed by atoms with van der Waals surface area (Å²) in [6.45, 7) is 7.67. The third kappa shape index (κ3) is 6.46. The number of Topliss-reactive ketones (excluding diaryl/α,β-unsaturated/α-hetero) is 1. The van der Waals surface area contributed by atoms with E-state index in [-0.39, 0.29) is 5.92 Å². The van der Waals surface area contributed by atoms with Crippen molar-refractivity contribution in [2.24, 2.45) is 5.92 Å². The average Bonchev–Trinajstić information content (AvgIpc) is 2.85. The zero-order valence-corrected chi connectivity index (χ0v) is 19.1. The molecule has 0 N–H and O–H groups in total. The van der Waals surface area contributed by atoms with Crippen LogP contribution in [0.15, 0.2) is 54.2 Å². The number of fused-ring (bicyclic) bond motifs is 3. The quantitative estimate of drug-likeness (QED) is 0.411. The van der Waals surface area contributed by atoms with E-state index in [1.165, 1.54) is 0 Å². The van der Waals surface area contributed by atoms with E-state index in [0.717, 1.165) is 81.0 Å². The number of hydrogen-bond donors (Lipinski definition) is 0. The van der Waals surface area contributed by atoms with Gasteiger partial charge in [-0.2, -0.15) is 0 Å². The third-order valence-electron chi connectivity index (χ3n) is 5.60. The first-order chi connectivity index (χ1) is 15.6. The summed E-state index contributed by atoms with van der Waals surface area (Å²) >= 11 is 0. The molecule has 0 aromatic heterocycles. The van der Waals surface area contributed by atoms with E-state index in [2.05, 4.69) is 18.7 Å². The maximum atomic E-state index is 12.3. The minimum atomic E-state index is 0.262. The largest absolute Gasteiger partial charge is 0.494 e. The zero-order chi connectivity index (χ0) is 22.8. The first-order valence-electron chi connectivity index (χ1n) is 11.6. The number of ether oxygens (including phenoxy) is 2. The minimum Gasteiger partial charge on any atom is -0.494 e. The average molecular weight is 436 g/mol. The lowest BCUT2D eigenvalue weighted by molar-refractivity contribution is -0.125. The zero-order valence-electron chi connectivity index (χ0n) is 19.1. The smallest absolute Gasteiger partial charge is 0.182 e. The Morgan fingerprint density at radius 3 is 1.78 bits per heavy atom. The third-order valence-corrected chi connectivity index (χ3v) is 5.60. The summed E-state index contributed by atoms with van der Waals surface area (Å²) < 4.78 is 10.9. The fourth-order valence-electron chi connectivity index (χ4n) is 3.81. The molecular formula is C27H33NO4. The lowest BCUT2D eigenvalue weighted by atomic mass is 9.84. The Bertz CT molecular complexity index is 894. The van der Waals surface area contributed by atoms with Gasteiger partial charge in [0, 0.05) is 24.6 Å². The second-order valence-corrected chi connectivity index (χ2v) is 8.11. The van der Waals surface area contributed by atoms with Crippen LogP contribution in [0.2, 0.25) is 0 Å². The summed E-state index contributed by atoms with van der Waals surface area (Å²) in [5.74, 6) is 2.31. The molecule has 3 saturated heterocycles. The van der Waals surface area contributed by atoms with E-state index in [1.807, 2.05) is 30.3 Å². The van der Waals surface area contributed by atoms with Crippen molar-refractivity contribution in [2.45, 2.75) is 39.5 Å². The monoisotopic (exact) mass is 435 g/mol. The lowest BCUT2D eigenvalue weighted by Gasteiger charge is -2.41. The van der Waals surface area contributed by atoms with E-state index >= 15 is 0 Å². The van der Waals surface area contributed by atoms with Gasteiger partial charge in [0.05, 0.1) is 18.9 Å². The predicted molar refractivity (Wildman–Crippen MR) is 127 cm³/mol. The maximum absolute atomic E-state index is 12.3. The number of piperidine rings is 3. The predicted octanol–water partition coefficient (Wildman–Crippen LogP) is 5.40. The van der Waals surface area contributed by atoms with Gasteiger partial charge in [-0.1, -0.05) is 26.0 Å². The van der Waals surface area contributed by atoms with Crippen molar-refractivity contribution < 1.29 is 19.1 Å². The van der Waals surface area contributed by atoms with Gasteiger partial charge in [-0.3, -0.25) is 9.59 Å². The Labute approximate surface area is 191 Å². The molecule has 0 unspecified atom stereocenters. The van der Waals surface area contributed by atoms with E-state index in [9.17, 15) is 9.59 Å². The number of nitrogens with zero attached hydrogens (tertiary/aromatic N) is 1. The molecule has 0 radical (unpaired) electrons. The van der Waals surface area contributed by atoms with Gasteiger partial charge in [-0.05, 0) is 73.7 Å². The summed E-state index contributed by atoms with van der Waals surface area (Å²) in [4.78, 5) is 24.8. The highest BCUT2D eigenvalue weighted by atomic mass is 16.5. The van der Waals surface area contributed by atoms with E-state index in [1.54, 1.807) is 24.3 Å². The molecule has 3 aliphatic heterocycles. The second kappa shape index (κ2) is 12.1. The maximum Gasteiger partial charge on any atom is 0.182 e. The molecule has 3 aliphatic rings. The van der Waals surface area contributed by atoms with Gasteiger partial charge in [0.15, 0.2) is 5.78 Å². The fourth-order valence-corrected chi connectivity index (χ4v) is 3.81. The Balaban J connectivity index is 0.000000207. The summed E-state index contributed by atoms with van der Waals surface area (Å²) in [6, 6.07) is 15.1. The van der Waals surface area contributed by atoms with Gasteiger partial charge in [0.25, 0.3) is 0 Å². The van der Waals surface area contributed by atoms with Gasteiger partial charge in [0.2, 0.25) is 0 Å². The van der Waals surface area contributed by atoms with Crippen LogP contribution in [0, 0.1) is 5.92 Å². The van der Waals surface area contributed by atoms with Gasteiger partial charge >= 0.3 is 0 Å². The molecule has 0 saturated carbocycles. The Kier molecular flexibility index (Phi) is 8.90. The molecule has 2 aromatic carbocycles. The van der Waals surface area contributed by atoms with Crippen LogP contribution in [0.25, 0.3) is 6.08 Å². The Morgan fingerprint density at radius 2 is 1.34 bits per heavy atom. The highest BCUT2D eigenvalue weighted by molar-refractivity contribution is 6.01. The minimum absolute atomic E-state index is 0.262. The molecule has 170 valence electrons. The number of carbonyl (C=O) groups excluding carboxylic acids is 2. The molecular weight excluding hydrogens is 402 g/mol. The van der Waals surface area contributed by atoms with Crippen LogP contribution in [0.5, 0.6) is 11.5 Å². The van der Waals surface area contributed by atoms with Crippen LogP contribution in [0.3, 0.4) is 0 Å². The standard InChI is InChI=1S/C17H21NO2.C10H12O2/c1-2-11-20-15-5-3-13(4-6-15)12-16-17(19)14-7-9-18(16)10-8-14;1-2-7-12-10-5-3-9(8-11)4-6-10/h3-6,12,14H,2,7-11H2,1H3;3-6,8H,2,7H2,1H3/b16-12+;.